The van der Waals surface area contributed by atoms with Crippen molar-refractivity contribution >= 4 is 10.0 Å². The van der Waals surface area contributed by atoms with Crippen LogP contribution >= 0.6 is 0 Å². The Kier molecular flexibility index (Phi) is 5.28. The molecule has 0 aromatic heterocycles. The van der Waals surface area contributed by atoms with Crippen molar-refractivity contribution in [3.05, 3.63) is 29.3 Å². The number of nitriles is 1. The van der Waals surface area contributed by atoms with E-state index in [1.165, 1.54) is 12.1 Å². The van der Waals surface area contributed by atoms with Gasteiger partial charge in [-0.3, -0.25) is 0 Å². The normalized spacial score (nSPS) is 12.2. The Morgan fingerprint density at radius 1 is 1.35 bits per heavy atom. The van der Waals surface area contributed by atoms with Gasteiger partial charge in [-0.2, -0.15) is 5.26 Å². The Labute approximate surface area is 120 Å². The van der Waals surface area contributed by atoms with Crippen LogP contribution in [0.2, 0.25) is 0 Å². The van der Waals surface area contributed by atoms with E-state index in [2.05, 4.69) is 4.72 Å². The van der Waals surface area contributed by atoms with Gasteiger partial charge in [0.05, 0.1) is 16.5 Å². The second-order valence-corrected chi connectivity index (χ2v) is 6.54. The quantitative estimate of drug-likeness (QED) is 0.834. The number of rotatable bonds is 6. The summed E-state index contributed by atoms with van der Waals surface area (Å²) in [6.45, 7) is 5.74. The van der Waals surface area contributed by atoms with Gasteiger partial charge < -0.3 is 5.73 Å². The molecule has 0 saturated carbocycles. The van der Waals surface area contributed by atoms with Crippen molar-refractivity contribution < 1.29 is 8.42 Å². The molecule has 3 N–H and O–H groups in total. The largest absolute Gasteiger partial charge is 0.329 e. The Hall–Kier alpha value is -1.42. The minimum absolute atomic E-state index is 0.191. The van der Waals surface area contributed by atoms with E-state index in [0.717, 1.165) is 0 Å². The summed E-state index contributed by atoms with van der Waals surface area (Å²) in [5.41, 5.74) is 6.09. The summed E-state index contributed by atoms with van der Waals surface area (Å²) in [5.74, 6) is 0. The Morgan fingerprint density at radius 2 is 1.95 bits per heavy atom. The lowest BCUT2D eigenvalue weighted by Crippen LogP contribution is -2.52. The maximum Gasteiger partial charge on any atom is 0.241 e. The first-order valence-electron chi connectivity index (χ1n) is 6.59. The van der Waals surface area contributed by atoms with E-state index in [4.69, 9.17) is 11.0 Å². The lowest BCUT2D eigenvalue weighted by atomic mass is 9.95. The molecular formula is C14H21N3O2S. The molecule has 1 aromatic rings. The number of aryl methyl sites for hydroxylation is 1. The SMILES string of the molecule is CCC(CC)(CN)NS(=O)(=O)c1ccc(C#N)cc1C. The van der Waals surface area contributed by atoms with Crippen molar-refractivity contribution in [2.45, 2.75) is 44.0 Å². The summed E-state index contributed by atoms with van der Waals surface area (Å²) in [6, 6.07) is 6.52. The first-order valence-corrected chi connectivity index (χ1v) is 8.07. The predicted molar refractivity (Wildman–Crippen MR) is 78.6 cm³/mol. The number of benzene rings is 1. The molecule has 0 amide bonds. The number of nitrogens with zero attached hydrogens (tertiary/aromatic N) is 1. The van der Waals surface area contributed by atoms with E-state index in [0.29, 0.717) is 24.0 Å². The van der Waals surface area contributed by atoms with Crippen molar-refractivity contribution in [1.29, 1.82) is 5.26 Å². The van der Waals surface area contributed by atoms with Gasteiger partial charge >= 0.3 is 0 Å². The van der Waals surface area contributed by atoms with E-state index < -0.39 is 15.6 Å². The maximum absolute atomic E-state index is 12.5. The third-order valence-electron chi connectivity index (χ3n) is 3.69. The minimum Gasteiger partial charge on any atom is -0.329 e. The average molecular weight is 295 g/mol. The highest BCUT2D eigenvalue weighted by molar-refractivity contribution is 7.89. The molecule has 0 aliphatic rings. The van der Waals surface area contributed by atoms with Crippen LogP contribution in [0.25, 0.3) is 0 Å². The molecule has 110 valence electrons. The molecule has 0 aliphatic heterocycles. The maximum atomic E-state index is 12.5. The van der Waals surface area contributed by atoms with Gasteiger partial charge in [0.1, 0.15) is 0 Å². The van der Waals surface area contributed by atoms with Gasteiger partial charge in [-0.15, -0.1) is 0 Å². The zero-order valence-corrected chi connectivity index (χ0v) is 12.9. The third-order valence-corrected chi connectivity index (χ3v) is 5.43. The van der Waals surface area contributed by atoms with Gasteiger partial charge in [-0.05, 0) is 43.5 Å². The Morgan fingerprint density at radius 3 is 2.35 bits per heavy atom. The summed E-state index contributed by atoms with van der Waals surface area (Å²) >= 11 is 0. The summed E-state index contributed by atoms with van der Waals surface area (Å²) in [7, 11) is -3.65. The molecule has 0 saturated heterocycles. The molecule has 6 heteroatoms. The van der Waals surface area contributed by atoms with E-state index in [9.17, 15) is 8.42 Å². The van der Waals surface area contributed by atoms with Crippen LogP contribution in [0.5, 0.6) is 0 Å². The zero-order chi connectivity index (χ0) is 15.4. The van der Waals surface area contributed by atoms with Crippen LogP contribution in [0.1, 0.15) is 37.8 Å². The van der Waals surface area contributed by atoms with Crippen molar-refractivity contribution in [2.75, 3.05) is 6.54 Å². The van der Waals surface area contributed by atoms with Crippen LogP contribution < -0.4 is 10.5 Å². The van der Waals surface area contributed by atoms with Crippen LogP contribution in [0, 0.1) is 18.3 Å². The fourth-order valence-corrected chi connectivity index (χ4v) is 3.87. The van der Waals surface area contributed by atoms with Crippen molar-refractivity contribution in [1.82, 2.24) is 4.72 Å². The molecule has 0 unspecified atom stereocenters. The fourth-order valence-electron chi connectivity index (χ4n) is 2.09. The van der Waals surface area contributed by atoms with Crippen LogP contribution in [-0.4, -0.2) is 20.5 Å². The molecule has 0 spiro atoms. The monoisotopic (exact) mass is 295 g/mol. The molecule has 1 rings (SSSR count). The van der Waals surface area contributed by atoms with Gasteiger partial charge in [-0.1, -0.05) is 13.8 Å². The number of nitrogens with one attached hydrogen (secondary N) is 1. The highest BCUT2D eigenvalue weighted by Gasteiger charge is 2.31. The lowest BCUT2D eigenvalue weighted by molar-refractivity contribution is 0.363. The molecule has 0 fully saturated rings. The van der Waals surface area contributed by atoms with Crippen molar-refractivity contribution in [3.8, 4) is 6.07 Å². The molecule has 0 bridgehead atoms. The predicted octanol–water partition coefficient (Wildman–Crippen LogP) is 1.66. The van der Waals surface area contributed by atoms with E-state index in [-0.39, 0.29) is 11.4 Å². The molecular weight excluding hydrogens is 274 g/mol. The summed E-state index contributed by atoms with van der Waals surface area (Å²) in [6.07, 6.45) is 1.24. The smallest absolute Gasteiger partial charge is 0.241 e. The molecule has 0 heterocycles. The van der Waals surface area contributed by atoms with Gasteiger partial charge in [0.15, 0.2) is 0 Å². The van der Waals surface area contributed by atoms with Crippen LogP contribution in [0.15, 0.2) is 23.1 Å². The second kappa shape index (κ2) is 6.35. The third kappa shape index (κ3) is 3.37. The number of hydrogen-bond acceptors (Lipinski definition) is 4. The van der Waals surface area contributed by atoms with Crippen molar-refractivity contribution in [2.24, 2.45) is 5.73 Å². The lowest BCUT2D eigenvalue weighted by Gasteiger charge is -2.31. The van der Waals surface area contributed by atoms with E-state index >= 15 is 0 Å². The van der Waals surface area contributed by atoms with Crippen LogP contribution in [0.3, 0.4) is 0 Å². The highest BCUT2D eigenvalue weighted by Crippen LogP contribution is 2.21. The molecule has 1 aromatic carbocycles. The summed E-state index contributed by atoms with van der Waals surface area (Å²) < 4.78 is 27.7. The number of sulfonamides is 1. The van der Waals surface area contributed by atoms with Gasteiger partial charge in [0.2, 0.25) is 10.0 Å². The second-order valence-electron chi connectivity index (χ2n) is 4.89. The Balaban J connectivity index is 3.21. The fraction of sp³-hybridized carbons (Fsp3) is 0.500. The minimum atomic E-state index is -3.65. The molecule has 0 radical (unpaired) electrons. The van der Waals surface area contributed by atoms with E-state index in [1.54, 1.807) is 13.0 Å². The standard InChI is InChI=1S/C14H21N3O2S/c1-4-14(5-2,10-16)17-20(18,19)13-7-6-12(9-15)8-11(13)3/h6-8,17H,4-5,10,16H2,1-3H3. The summed E-state index contributed by atoms with van der Waals surface area (Å²) in [4.78, 5) is 0.191. The first-order chi connectivity index (χ1) is 9.34. The van der Waals surface area contributed by atoms with Gasteiger partial charge in [-0.25, -0.2) is 13.1 Å². The van der Waals surface area contributed by atoms with Crippen LogP contribution in [0.4, 0.5) is 0 Å². The average Bonchev–Trinajstić information content (AvgIpc) is 2.44. The highest BCUT2D eigenvalue weighted by atomic mass is 32.2. The Bertz CT molecular complexity index is 606. The van der Waals surface area contributed by atoms with E-state index in [1.807, 2.05) is 19.9 Å². The molecule has 20 heavy (non-hydrogen) atoms. The topological polar surface area (TPSA) is 96.0 Å². The molecule has 0 atom stereocenters. The van der Waals surface area contributed by atoms with Crippen molar-refractivity contribution in [3.63, 3.8) is 0 Å². The summed E-state index contributed by atoms with van der Waals surface area (Å²) in [5, 5.41) is 8.82. The van der Waals surface area contributed by atoms with Gasteiger partial charge in [0.25, 0.3) is 0 Å². The molecule has 0 aliphatic carbocycles. The zero-order valence-electron chi connectivity index (χ0n) is 12.1. The first kappa shape index (κ1) is 16.6. The number of hydrogen-bond donors (Lipinski definition) is 2. The number of nitrogens with two attached hydrogens (primary N) is 1. The molecule has 5 nitrogen and oxygen atoms in total. The van der Waals surface area contributed by atoms with Crippen LogP contribution in [-0.2, 0) is 10.0 Å². The van der Waals surface area contributed by atoms with Gasteiger partial charge in [0, 0.05) is 12.1 Å².